The van der Waals surface area contributed by atoms with Gasteiger partial charge in [-0.3, -0.25) is 4.21 Å². The number of ether oxygens (including phenoxy) is 1. The van der Waals surface area contributed by atoms with Crippen LogP contribution in [0.3, 0.4) is 0 Å². The number of nitrogens with zero attached hydrogens (tertiary/aromatic N) is 1. The zero-order valence-electron chi connectivity index (χ0n) is 13.0. The van der Waals surface area contributed by atoms with Crippen LogP contribution in [0.25, 0.3) is 0 Å². The SMILES string of the molecule is CCOc1cc(Cl)ccc1NC(=O)N1CC[S@@](=O)C(C)(C)C1. The van der Waals surface area contributed by atoms with Gasteiger partial charge in [0.25, 0.3) is 0 Å². The highest BCUT2D eigenvalue weighted by molar-refractivity contribution is 7.86. The summed E-state index contributed by atoms with van der Waals surface area (Å²) >= 11 is 5.95. The van der Waals surface area contributed by atoms with Crippen LogP contribution in [0.15, 0.2) is 18.2 Å². The molecule has 0 saturated carbocycles. The minimum Gasteiger partial charge on any atom is -0.492 e. The Bertz CT molecular complexity index is 592. The van der Waals surface area contributed by atoms with Crippen LogP contribution in [0.4, 0.5) is 10.5 Å². The van der Waals surface area contributed by atoms with Crippen LogP contribution >= 0.6 is 11.6 Å². The van der Waals surface area contributed by atoms with Crippen LogP contribution in [-0.2, 0) is 10.8 Å². The summed E-state index contributed by atoms with van der Waals surface area (Å²) in [5, 5.41) is 3.40. The summed E-state index contributed by atoms with van der Waals surface area (Å²) in [5.41, 5.74) is 0.584. The van der Waals surface area contributed by atoms with Crippen LogP contribution in [-0.4, -0.2) is 45.3 Å². The smallest absolute Gasteiger partial charge is 0.322 e. The highest BCUT2D eigenvalue weighted by Crippen LogP contribution is 2.29. The molecule has 1 atom stereocenters. The van der Waals surface area contributed by atoms with Crippen molar-refractivity contribution < 1.29 is 13.7 Å². The Kier molecular flexibility index (Phi) is 5.34. The van der Waals surface area contributed by atoms with Gasteiger partial charge in [0, 0.05) is 40.7 Å². The number of hydrogen-bond acceptors (Lipinski definition) is 3. The lowest BCUT2D eigenvalue weighted by atomic mass is 10.2. The molecule has 5 nitrogen and oxygen atoms in total. The number of amides is 2. The number of nitrogens with one attached hydrogen (secondary N) is 1. The monoisotopic (exact) mass is 344 g/mol. The summed E-state index contributed by atoms with van der Waals surface area (Å²) in [6.45, 7) is 7.13. The molecule has 1 fully saturated rings. The molecule has 1 aromatic rings. The first-order chi connectivity index (χ1) is 10.3. The highest BCUT2D eigenvalue weighted by atomic mass is 35.5. The maximum absolute atomic E-state index is 12.4. The Hall–Kier alpha value is -1.27. The Morgan fingerprint density at radius 3 is 2.86 bits per heavy atom. The van der Waals surface area contributed by atoms with Gasteiger partial charge in [-0.25, -0.2) is 4.79 Å². The van der Waals surface area contributed by atoms with E-state index in [9.17, 15) is 9.00 Å². The maximum Gasteiger partial charge on any atom is 0.322 e. The van der Waals surface area contributed by atoms with Crippen molar-refractivity contribution in [2.24, 2.45) is 0 Å². The van der Waals surface area contributed by atoms with Crippen LogP contribution in [0.2, 0.25) is 5.02 Å². The third-order valence-corrected chi connectivity index (χ3v) is 5.66. The van der Waals surface area contributed by atoms with E-state index in [0.717, 1.165) is 0 Å². The zero-order valence-corrected chi connectivity index (χ0v) is 14.6. The molecule has 2 rings (SSSR count). The van der Waals surface area contributed by atoms with E-state index in [1.165, 1.54) is 0 Å². The molecular weight excluding hydrogens is 324 g/mol. The summed E-state index contributed by atoms with van der Waals surface area (Å²) in [4.78, 5) is 14.1. The van der Waals surface area contributed by atoms with Crippen LogP contribution < -0.4 is 10.1 Å². The molecule has 0 spiro atoms. The fourth-order valence-corrected chi connectivity index (χ4v) is 3.72. The molecule has 0 aromatic heterocycles. The second-order valence-corrected chi connectivity index (χ2v) is 8.38. The molecular formula is C15H21ClN2O3S. The molecule has 1 heterocycles. The van der Waals surface area contributed by atoms with Crippen molar-refractivity contribution in [3.05, 3.63) is 23.2 Å². The molecule has 0 bridgehead atoms. The standard InChI is InChI=1S/C15H21ClN2O3S/c1-4-21-13-9-11(16)5-6-12(13)17-14(19)18-7-8-22(20)15(2,3)10-18/h5-6,9H,4,7-8,10H2,1-3H3,(H,17,19)/t22-/m1/s1. The number of carbonyl (C=O) groups excluding carboxylic acids is 1. The predicted octanol–water partition coefficient (Wildman–Crippen LogP) is 3.11. The Morgan fingerprint density at radius 1 is 1.50 bits per heavy atom. The Morgan fingerprint density at radius 2 is 2.23 bits per heavy atom. The quantitative estimate of drug-likeness (QED) is 0.916. The van der Waals surface area contributed by atoms with Crippen molar-refractivity contribution in [3.8, 4) is 5.75 Å². The zero-order chi connectivity index (χ0) is 16.3. The van der Waals surface area contributed by atoms with E-state index in [1.807, 2.05) is 20.8 Å². The van der Waals surface area contributed by atoms with Crippen molar-refractivity contribution in [2.45, 2.75) is 25.5 Å². The number of anilines is 1. The molecule has 1 N–H and O–H groups in total. The molecule has 7 heteroatoms. The van der Waals surface area contributed by atoms with Crippen molar-refractivity contribution >= 4 is 34.1 Å². The second-order valence-electron chi connectivity index (χ2n) is 5.73. The normalized spacial score (nSPS) is 20.5. The minimum atomic E-state index is -0.909. The number of halogens is 1. The lowest BCUT2D eigenvalue weighted by Gasteiger charge is -2.37. The van der Waals surface area contributed by atoms with Crippen molar-refractivity contribution in [1.29, 1.82) is 0 Å². The highest BCUT2D eigenvalue weighted by Gasteiger charge is 2.35. The molecule has 122 valence electrons. The van der Waals surface area contributed by atoms with Gasteiger partial charge in [-0.15, -0.1) is 0 Å². The first kappa shape index (κ1) is 17.1. The molecule has 0 radical (unpaired) electrons. The average Bonchev–Trinajstić information content (AvgIpc) is 2.45. The van der Waals surface area contributed by atoms with E-state index in [4.69, 9.17) is 16.3 Å². The van der Waals surface area contributed by atoms with E-state index < -0.39 is 15.5 Å². The molecule has 2 amide bonds. The van der Waals surface area contributed by atoms with Gasteiger partial charge in [0.2, 0.25) is 0 Å². The van der Waals surface area contributed by atoms with Gasteiger partial charge < -0.3 is 15.0 Å². The Balaban J connectivity index is 2.11. The summed E-state index contributed by atoms with van der Waals surface area (Å²) < 4.78 is 17.0. The predicted molar refractivity (Wildman–Crippen MR) is 90.3 cm³/mol. The number of carbonyl (C=O) groups is 1. The topological polar surface area (TPSA) is 58.6 Å². The van der Waals surface area contributed by atoms with E-state index in [-0.39, 0.29) is 6.03 Å². The minimum absolute atomic E-state index is 0.215. The van der Waals surface area contributed by atoms with E-state index in [1.54, 1.807) is 23.1 Å². The van der Waals surface area contributed by atoms with Gasteiger partial charge in [0.15, 0.2) is 0 Å². The molecule has 0 unspecified atom stereocenters. The van der Waals surface area contributed by atoms with Gasteiger partial charge in [0.05, 0.1) is 17.0 Å². The van der Waals surface area contributed by atoms with Crippen LogP contribution in [0, 0.1) is 0 Å². The second kappa shape index (κ2) is 6.87. The maximum atomic E-state index is 12.4. The summed E-state index contributed by atoms with van der Waals surface area (Å²) in [7, 11) is -0.909. The molecule has 1 aromatic carbocycles. The first-order valence-corrected chi connectivity index (χ1v) is 8.90. The third-order valence-electron chi connectivity index (χ3n) is 3.51. The molecule has 0 aliphatic carbocycles. The third kappa shape index (κ3) is 3.93. The van der Waals surface area contributed by atoms with Crippen LogP contribution in [0.1, 0.15) is 20.8 Å². The average molecular weight is 345 g/mol. The summed E-state index contributed by atoms with van der Waals surface area (Å²) in [6, 6.07) is 4.89. The van der Waals surface area contributed by atoms with Crippen molar-refractivity contribution in [3.63, 3.8) is 0 Å². The van der Waals surface area contributed by atoms with Gasteiger partial charge >= 0.3 is 6.03 Å². The molecule has 1 aliphatic rings. The van der Waals surface area contributed by atoms with E-state index in [2.05, 4.69) is 5.32 Å². The van der Waals surface area contributed by atoms with Gasteiger partial charge in [-0.05, 0) is 32.9 Å². The summed E-state index contributed by atoms with van der Waals surface area (Å²) in [6.07, 6.45) is 0. The lowest BCUT2D eigenvalue weighted by Crippen LogP contribution is -2.53. The van der Waals surface area contributed by atoms with Gasteiger partial charge in [-0.1, -0.05) is 11.6 Å². The molecule has 1 aliphatic heterocycles. The fourth-order valence-electron chi connectivity index (χ4n) is 2.32. The van der Waals surface area contributed by atoms with Crippen molar-refractivity contribution in [2.75, 3.05) is 30.8 Å². The Labute approximate surface area is 138 Å². The lowest BCUT2D eigenvalue weighted by molar-refractivity contribution is 0.207. The van der Waals surface area contributed by atoms with Crippen LogP contribution in [0.5, 0.6) is 5.75 Å². The number of hydrogen-bond donors (Lipinski definition) is 1. The first-order valence-electron chi connectivity index (χ1n) is 7.20. The van der Waals surface area contributed by atoms with E-state index in [0.29, 0.717) is 41.9 Å². The van der Waals surface area contributed by atoms with Gasteiger partial charge in [0.1, 0.15) is 5.75 Å². The number of urea groups is 1. The number of benzene rings is 1. The summed E-state index contributed by atoms with van der Waals surface area (Å²) in [5.74, 6) is 1.04. The fraction of sp³-hybridized carbons (Fsp3) is 0.533. The largest absolute Gasteiger partial charge is 0.492 e. The molecule has 22 heavy (non-hydrogen) atoms. The van der Waals surface area contributed by atoms with Gasteiger partial charge in [-0.2, -0.15) is 0 Å². The van der Waals surface area contributed by atoms with Crippen molar-refractivity contribution in [1.82, 2.24) is 4.90 Å². The molecule has 1 saturated heterocycles. The van der Waals surface area contributed by atoms with E-state index >= 15 is 0 Å². The number of rotatable bonds is 3.